The molecule has 1 N–H and O–H groups in total. The fourth-order valence-corrected chi connectivity index (χ4v) is 4.57. The molecule has 1 aromatic rings. The average Bonchev–Trinajstić information content (AvgIpc) is 2.75. The van der Waals surface area contributed by atoms with E-state index in [2.05, 4.69) is 29.6 Å². The van der Waals surface area contributed by atoms with E-state index in [9.17, 15) is 4.79 Å². The van der Waals surface area contributed by atoms with Crippen LogP contribution in [-0.2, 0) is 11.2 Å². The molecule has 1 aromatic carbocycles. The molecule has 2 heteroatoms. The van der Waals surface area contributed by atoms with Crippen molar-refractivity contribution in [3.63, 3.8) is 0 Å². The van der Waals surface area contributed by atoms with Gasteiger partial charge in [-0.2, -0.15) is 0 Å². The molecule has 0 saturated carbocycles. The molecule has 2 aliphatic heterocycles. The highest BCUT2D eigenvalue weighted by Crippen LogP contribution is 2.39. The predicted molar refractivity (Wildman–Crippen MR) is 79.8 cm³/mol. The summed E-state index contributed by atoms with van der Waals surface area (Å²) >= 11 is 0. The van der Waals surface area contributed by atoms with Crippen molar-refractivity contribution in [1.29, 1.82) is 0 Å². The highest BCUT2D eigenvalue weighted by Gasteiger charge is 2.35. The first-order valence-corrected chi connectivity index (χ1v) is 8.13. The van der Waals surface area contributed by atoms with Crippen LogP contribution in [0, 0.1) is 5.92 Å². The number of ketones is 1. The Labute approximate surface area is 121 Å². The zero-order chi connectivity index (χ0) is 13.5. The van der Waals surface area contributed by atoms with Crippen LogP contribution in [0.1, 0.15) is 55.6 Å². The van der Waals surface area contributed by atoms with Gasteiger partial charge in [0.05, 0.1) is 0 Å². The lowest BCUT2D eigenvalue weighted by Crippen LogP contribution is -2.38. The second kappa shape index (κ2) is 5.00. The van der Waals surface area contributed by atoms with E-state index in [1.807, 2.05) is 0 Å². The molecule has 1 aliphatic carbocycles. The summed E-state index contributed by atoms with van der Waals surface area (Å²) in [5.74, 6) is 1.66. The van der Waals surface area contributed by atoms with Crippen molar-refractivity contribution >= 4 is 5.78 Å². The minimum absolute atomic E-state index is 0.496. The monoisotopic (exact) mass is 269 g/mol. The van der Waals surface area contributed by atoms with Crippen LogP contribution in [0.25, 0.3) is 0 Å². The van der Waals surface area contributed by atoms with Crippen molar-refractivity contribution in [2.75, 3.05) is 0 Å². The third-order valence-electron chi connectivity index (χ3n) is 5.52. The molecule has 2 bridgehead atoms. The fourth-order valence-electron chi connectivity index (χ4n) is 4.57. The van der Waals surface area contributed by atoms with Crippen LogP contribution in [0.4, 0.5) is 0 Å². The average molecular weight is 269 g/mol. The highest BCUT2D eigenvalue weighted by atomic mass is 16.1. The maximum atomic E-state index is 12.3. The number of fused-ring (bicyclic) bond motifs is 3. The van der Waals surface area contributed by atoms with Gasteiger partial charge in [-0.15, -0.1) is 0 Å². The molecule has 4 rings (SSSR count). The van der Waals surface area contributed by atoms with E-state index in [0.29, 0.717) is 29.7 Å². The van der Waals surface area contributed by atoms with Gasteiger partial charge in [0.1, 0.15) is 5.78 Å². The van der Waals surface area contributed by atoms with Gasteiger partial charge in [0.15, 0.2) is 0 Å². The Hall–Kier alpha value is -1.15. The summed E-state index contributed by atoms with van der Waals surface area (Å²) in [6.07, 6.45) is 7.81. The first-order valence-electron chi connectivity index (χ1n) is 8.13. The summed E-state index contributed by atoms with van der Waals surface area (Å²) in [5, 5.41) is 3.66. The highest BCUT2D eigenvalue weighted by molar-refractivity contribution is 5.80. The van der Waals surface area contributed by atoms with Gasteiger partial charge in [0, 0.05) is 24.9 Å². The SMILES string of the molecule is O=C(CC1CC2CCC(C1)N2)CC1Cc2ccccc21. The molecule has 2 fully saturated rings. The van der Waals surface area contributed by atoms with E-state index in [0.717, 1.165) is 19.3 Å². The lowest BCUT2D eigenvalue weighted by molar-refractivity contribution is -0.120. The third kappa shape index (κ3) is 2.31. The van der Waals surface area contributed by atoms with Gasteiger partial charge < -0.3 is 5.32 Å². The molecule has 2 nitrogen and oxygen atoms in total. The summed E-state index contributed by atoms with van der Waals surface area (Å²) in [7, 11) is 0. The molecule has 2 saturated heterocycles. The normalized spacial score (nSPS) is 34.4. The van der Waals surface area contributed by atoms with Crippen molar-refractivity contribution in [2.24, 2.45) is 5.92 Å². The summed E-state index contributed by atoms with van der Waals surface area (Å²) in [6.45, 7) is 0. The summed E-state index contributed by atoms with van der Waals surface area (Å²) in [4.78, 5) is 12.3. The lowest BCUT2D eigenvalue weighted by atomic mass is 9.74. The van der Waals surface area contributed by atoms with E-state index < -0.39 is 0 Å². The second-order valence-corrected chi connectivity index (χ2v) is 7.02. The number of nitrogens with one attached hydrogen (secondary N) is 1. The Morgan fingerprint density at radius 2 is 1.85 bits per heavy atom. The molecule has 3 unspecified atom stereocenters. The van der Waals surface area contributed by atoms with Gasteiger partial charge in [-0.25, -0.2) is 0 Å². The zero-order valence-corrected chi connectivity index (χ0v) is 12.0. The predicted octanol–water partition coefficient (Wildman–Crippen LogP) is 3.21. The Kier molecular flexibility index (Phi) is 3.14. The standard InChI is InChI=1S/C18H23NO/c20-17(9-12-7-15-5-6-16(8-12)19-15)11-14-10-13-3-1-2-4-18(13)14/h1-4,12,14-16,19H,5-11H2. The number of Topliss-reactive ketones (excluding diaryl/α,β-unsaturated/α-hetero) is 1. The van der Waals surface area contributed by atoms with Gasteiger partial charge in [-0.1, -0.05) is 24.3 Å². The molecule has 3 atom stereocenters. The van der Waals surface area contributed by atoms with E-state index in [1.54, 1.807) is 0 Å². The van der Waals surface area contributed by atoms with Crippen LogP contribution in [-0.4, -0.2) is 17.9 Å². The third-order valence-corrected chi connectivity index (χ3v) is 5.52. The molecular formula is C18H23NO. The number of carbonyl (C=O) groups is 1. The van der Waals surface area contributed by atoms with Crippen molar-refractivity contribution < 1.29 is 4.79 Å². The fraction of sp³-hybridized carbons (Fsp3) is 0.611. The maximum Gasteiger partial charge on any atom is 0.133 e. The molecule has 0 amide bonds. The molecular weight excluding hydrogens is 246 g/mol. The van der Waals surface area contributed by atoms with Crippen molar-refractivity contribution in [2.45, 2.75) is 62.9 Å². The van der Waals surface area contributed by atoms with E-state index in [4.69, 9.17) is 0 Å². The summed E-state index contributed by atoms with van der Waals surface area (Å²) < 4.78 is 0. The van der Waals surface area contributed by atoms with E-state index >= 15 is 0 Å². The van der Waals surface area contributed by atoms with Crippen LogP contribution in [0.2, 0.25) is 0 Å². The van der Waals surface area contributed by atoms with Crippen LogP contribution in [0.5, 0.6) is 0 Å². The molecule has 0 aromatic heterocycles. The van der Waals surface area contributed by atoms with Crippen LogP contribution in [0.15, 0.2) is 24.3 Å². The Morgan fingerprint density at radius 3 is 2.60 bits per heavy atom. The molecule has 3 aliphatic rings. The number of rotatable bonds is 4. The Balaban J connectivity index is 1.31. The van der Waals surface area contributed by atoms with Crippen molar-refractivity contribution in [1.82, 2.24) is 5.32 Å². The molecule has 0 radical (unpaired) electrons. The molecule has 20 heavy (non-hydrogen) atoms. The minimum Gasteiger partial charge on any atom is -0.311 e. The molecule has 2 heterocycles. The first kappa shape index (κ1) is 12.6. The zero-order valence-electron chi connectivity index (χ0n) is 12.0. The van der Waals surface area contributed by atoms with Crippen LogP contribution >= 0.6 is 0 Å². The number of piperidine rings is 1. The summed E-state index contributed by atoms with van der Waals surface area (Å²) in [6, 6.07) is 10.00. The topological polar surface area (TPSA) is 29.1 Å². The van der Waals surface area contributed by atoms with Crippen LogP contribution in [0.3, 0.4) is 0 Å². The van der Waals surface area contributed by atoms with Gasteiger partial charge >= 0.3 is 0 Å². The largest absolute Gasteiger partial charge is 0.311 e. The lowest BCUT2D eigenvalue weighted by Gasteiger charge is -2.31. The number of hydrogen-bond donors (Lipinski definition) is 1. The first-order chi connectivity index (χ1) is 9.78. The van der Waals surface area contributed by atoms with Crippen molar-refractivity contribution in [3.8, 4) is 0 Å². The molecule has 106 valence electrons. The van der Waals surface area contributed by atoms with E-state index in [-0.39, 0.29) is 0 Å². The van der Waals surface area contributed by atoms with Gasteiger partial charge in [-0.05, 0) is 55.1 Å². The molecule has 0 spiro atoms. The number of carbonyl (C=O) groups excluding carboxylic acids is 1. The Bertz CT molecular complexity index is 512. The summed E-state index contributed by atoms with van der Waals surface area (Å²) in [5.41, 5.74) is 2.87. The Morgan fingerprint density at radius 1 is 1.10 bits per heavy atom. The van der Waals surface area contributed by atoms with E-state index in [1.165, 1.54) is 36.8 Å². The number of hydrogen-bond acceptors (Lipinski definition) is 2. The minimum atomic E-state index is 0.496. The van der Waals surface area contributed by atoms with Crippen LogP contribution < -0.4 is 5.32 Å². The van der Waals surface area contributed by atoms with Gasteiger partial charge in [-0.3, -0.25) is 4.79 Å². The quantitative estimate of drug-likeness (QED) is 0.909. The number of benzene rings is 1. The van der Waals surface area contributed by atoms with Gasteiger partial charge in [0.2, 0.25) is 0 Å². The van der Waals surface area contributed by atoms with Crippen molar-refractivity contribution in [3.05, 3.63) is 35.4 Å². The van der Waals surface area contributed by atoms with Gasteiger partial charge in [0.25, 0.3) is 0 Å². The smallest absolute Gasteiger partial charge is 0.133 e. The second-order valence-electron chi connectivity index (χ2n) is 7.02. The maximum absolute atomic E-state index is 12.3.